The molecular weight excluding hydrogens is 254 g/mol. The lowest BCUT2D eigenvalue weighted by Crippen LogP contribution is -1.99. The third kappa shape index (κ3) is 2.96. The van der Waals surface area contributed by atoms with E-state index in [1.807, 2.05) is 36.4 Å². The molecule has 0 fully saturated rings. The minimum Gasteiger partial charge on any atom is -0.496 e. The molecule has 0 aliphatic rings. The molecule has 2 aromatic rings. The third-order valence-corrected chi connectivity index (χ3v) is 3.18. The van der Waals surface area contributed by atoms with Gasteiger partial charge in [0.2, 0.25) is 0 Å². The van der Waals surface area contributed by atoms with Crippen molar-refractivity contribution in [2.24, 2.45) is 0 Å². The zero-order valence-electron chi connectivity index (χ0n) is 12.0. The van der Waals surface area contributed by atoms with Gasteiger partial charge in [-0.3, -0.25) is 0 Å². The van der Waals surface area contributed by atoms with Gasteiger partial charge in [-0.05, 0) is 17.7 Å². The van der Waals surface area contributed by atoms with Crippen LogP contribution in [0.1, 0.15) is 11.1 Å². The molecule has 0 aliphatic heterocycles. The molecule has 0 radical (unpaired) electrons. The first-order valence-electron chi connectivity index (χ1n) is 6.31. The molecule has 0 aliphatic carbocycles. The molecule has 106 valence electrons. The summed E-state index contributed by atoms with van der Waals surface area (Å²) in [5.41, 5.74) is 8.58. The van der Waals surface area contributed by atoms with Gasteiger partial charge in [-0.2, -0.15) is 0 Å². The van der Waals surface area contributed by atoms with Crippen LogP contribution in [0.2, 0.25) is 0 Å². The Morgan fingerprint density at radius 3 is 1.85 bits per heavy atom. The summed E-state index contributed by atoms with van der Waals surface area (Å²) < 4.78 is 16.1. The van der Waals surface area contributed by atoms with Crippen molar-refractivity contribution in [2.75, 3.05) is 27.1 Å². The van der Waals surface area contributed by atoms with Crippen molar-refractivity contribution in [3.05, 3.63) is 47.5 Å². The molecule has 0 saturated heterocycles. The molecule has 4 nitrogen and oxygen atoms in total. The molecule has 0 spiro atoms. The van der Waals surface area contributed by atoms with E-state index in [1.165, 1.54) is 0 Å². The highest BCUT2D eigenvalue weighted by Gasteiger charge is 2.13. The van der Waals surface area contributed by atoms with Crippen molar-refractivity contribution in [2.45, 2.75) is 6.42 Å². The summed E-state index contributed by atoms with van der Waals surface area (Å²) in [7, 11) is 4.90. The normalized spacial score (nSPS) is 10.2. The highest BCUT2D eigenvalue weighted by molar-refractivity contribution is 5.53. The van der Waals surface area contributed by atoms with Gasteiger partial charge in [-0.25, -0.2) is 0 Å². The molecule has 4 heteroatoms. The van der Waals surface area contributed by atoms with E-state index >= 15 is 0 Å². The smallest absolute Gasteiger partial charge is 0.129 e. The van der Waals surface area contributed by atoms with Gasteiger partial charge in [-0.15, -0.1) is 0 Å². The Bertz CT molecular complexity index is 554. The average Bonchev–Trinajstić information content (AvgIpc) is 2.49. The van der Waals surface area contributed by atoms with Gasteiger partial charge in [0, 0.05) is 29.8 Å². The standard InChI is InChI=1S/C16H19NO3/c1-18-13-9-15(19-2)14(16(10-13)20-3)8-11-4-6-12(17)7-5-11/h4-7,9-10H,8,17H2,1-3H3. The van der Waals surface area contributed by atoms with Gasteiger partial charge < -0.3 is 19.9 Å². The van der Waals surface area contributed by atoms with Gasteiger partial charge in [0.1, 0.15) is 17.2 Å². The minimum atomic E-state index is 0.705. The Morgan fingerprint density at radius 2 is 1.40 bits per heavy atom. The summed E-state index contributed by atoms with van der Waals surface area (Å²) in [5.74, 6) is 2.20. The fraction of sp³-hybridized carbons (Fsp3) is 0.250. The van der Waals surface area contributed by atoms with Crippen LogP contribution in [0, 0.1) is 0 Å². The average molecular weight is 273 g/mol. The third-order valence-electron chi connectivity index (χ3n) is 3.18. The highest BCUT2D eigenvalue weighted by atomic mass is 16.5. The van der Waals surface area contributed by atoms with Crippen molar-refractivity contribution in [1.29, 1.82) is 0 Å². The van der Waals surface area contributed by atoms with Crippen molar-refractivity contribution < 1.29 is 14.2 Å². The molecular formula is C16H19NO3. The van der Waals surface area contributed by atoms with Crippen LogP contribution < -0.4 is 19.9 Å². The second-order valence-electron chi connectivity index (χ2n) is 4.43. The van der Waals surface area contributed by atoms with Gasteiger partial charge >= 0.3 is 0 Å². The first-order chi connectivity index (χ1) is 9.67. The Labute approximate surface area is 119 Å². The summed E-state index contributed by atoms with van der Waals surface area (Å²) in [4.78, 5) is 0. The fourth-order valence-corrected chi connectivity index (χ4v) is 2.09. The lowest BCUT2D eigenvalue weighted by molar-refractivity contribution is 0.370. The van der Waals surface area contributed by atoms with Crippen molar-refractivity contribution in [3.63, 3.8) is 0 Å². The van der Waals surface area contributed by atoms with Gasteiger partial charge in [0.15, 0.2) is 0 Å². The van der Waals surface area contributed by atoms with Crippen LogP contribution in [0.3, 0.4) is 0 Å². The number of nitrogen functional groups attached to an aromatic ring is 1. The van der Waals surface area contributed by atoms with E-state index < -0.39 is 0 Å². The van der Waals surface area contributed by atoms with Crippen molar-refractivity contribution >= 4 is 5.69 Å². The first-order valence-corrected chi connectivity index (χ1v) is 6.31. The van der Waals surface area contributed by atoms with E-state index in [0.717, 1.165) is 28.3 Å². The topological polar surface area (TPSA) is 53.7 Å². The number of methoxy groups -OCH3 is 3. The molecule has 20 heavy (non-hydrogen) atoms. The second kappa shape index (κ2) is 6.19. The summed E-state index contributed by atoms with van der Waals surface area (Å²) in [6, 6.07) is 11.5. The van der Waals surface area contributed by atoms with Crippen molar-refractivity contribution in [1.82, 2.24) is 0 Å². The monoisotopic (exact) mass is 273 g/mol. The zero-order chi connectivity index (χ0) is 14.5. The van der Waals surface area contributed by atoms with E-state index in [2.05, 4.69) is 0 Å². The second-order valence-corrected chi connectivity index (χ2v) is 4.43. The highest BCUT2D eigenvalue weighted by Crippen LogP contribution is 2.35. The van der Waals surface area contributed by atoms with E-state index in [1.54, 1.807) is 21.3 Å². The Hall–Kier alpha value is -2.36. The molecule has 0 amide bonds. The molecule has 0 bridgehead atoms. The molecule has 2 rings (SSSR count). The number of ether oxygens (including phenoxy) is 3. The quantitative estimate of drug-likeness (QED) is 0.851. The van der Waals surface area contributed by atoms with E-state index in [-0.39, 0.29) is 0 Å². The zero-order valence-corrected chi connectivity index (χ0v) is 12.0. The first kappa shape index (κ1) is 14.1. The largest absolute Gasteiger partial charge is 0.496 e. The summed E-state index contributed by atoms with van der Waals surface area (Å²) in [5, 5.41) is 0. The number of anilines is 1. The Balaban J connectivity index is 2.41. The summed E-state index contributed by atoms with van der Waals surface area (Å²) >= 11 is 0. The maximum atomic E-state index is 5.70. The molecule has 0 heterocycles. The number of benzene rings is 2. The van der Waals surface area contributed by atoms with Crippen LogP contribution in [-0.2, 0) is 6.42 Å². The van der Waals surface area contributed by atoms with E-state index in [4.69, 9.17) is 19.9 Å². The van der Waals surface area contributed by atoms with Gasteiger partial charge in [0.25, 0.3) is 0 Å². The van der Waals surface area contributed by atoms with Crippen LogP contribution >= 0.6 is 0 Å². The molecule has 2 aromatic carbocycles. The van der Waals surface area contributed by atoms with Gasteiger partial charge in [0.05, 0.1) is 21.3 Å². The predicted octanol–water partition coefficient (Wildman–Crippen LogP) is 2.89. The van der Waals surface area contributed by atoms with Crippen molar-refractivity contribution in [3.8, 4) is 17.2 Å². The Kier molecular flexibility index (Phi) is 4.35. The Morgan fingerprint density at radius 1 is 0.850 bits per heavy atom. The molecule has 0 unspecified atom stereocenters. The molecule has 0 saturated carbocycles. The minimum absolute atomic E-state index is 0.705. The van der Waals surface area contributed by atoms with Crippen LogP contribution in [0.25, 0.3) is 0 Å². The van der Waals surface area contributed by atoms with Gasteiger partial charge in [-0.1, -0.05) is 12.1 Å². The maximum absolute atomic E-state index is 5.70. The van der Waals surface area contributed by atoms with Crippen LogP contribution in [0.15, 0.2) is 36.4 Å². The van der Waals surface area contributed by atoms with E-state index in [0.29, 0.717) is 12.2 Å². The van der Waals surface area contributed by atoms with E-state index in [9.17, 15) is 0 Å². The maximum Gasteiger partial charge on any atom is 0.129 e. The van der Waals surface area contributed by atoms with Crippen LogP contribution in [0.5, 0.6) is 17.2 Å². The summed E-state index contributed by atoms with van der Waals surface area (Å²) in [6.45, 7) is 0. The SMILES string of the molecule is COc1cc(OC)c(Cc2ccc(N)cc2)c(OC)c1. The number of hydrogen-bond acceptors (Lipinski definition) is 4. The van der Waals surface area contributed by atoms with Crippen LogP contribution in [-0.4, -0.2) is 21.3 Å². The molecule has 2 N–H and O–H groups in total. The number of hydrogen-bond donors (Lipinski definition) is 1. The lowest BCUT2D eigenvalue weighted by Gasteiger charge is -2.15. The molecule has 0 aromatic heterocycles. The fourth-order valence-electron chi connectivity index (χ4n) is 2.09. The predicted molar refractivity (Wildman–Crippen MR) is 79.8 cm³/mol. The number of nitrogens with two attached hydrogens (primary N) is 1. The summed E-state index contributed by atoms with van der Waals surface area (Å²) in [6.07, 6.45) is 0.705. The lowest BCUT2D eigenvalue weighted by atomic mass is 10.0. The van der Waals surface area contributed by atoms with Crippen LogP contribution in [0.4, 0.5) is 5.69 Å². The molecule has 0 atom stereocenters. The number of rotatable bonds is 5.